The van der Waals surface area contributed by atoms with Crippen LogP contribution in [0.15, 0.2) is 0 Å². The van der Waals surface area contributed by atoms with E-state index in [0.717, 1.165) is 0 Å². The lowest BCUT2D eigenvalue weighted by Crippen LogP contribution is -2.31. The molecule has 0 fully saturated rings. The van der Waals surface area contributed by atoms with Gasteiger partial charge in [0.1, 0.15) is 5.25 Å². The highest BCUT2D eigenvalue weighted by Crippen LogP contribution is 2.14. The smallest absolute Gasteiger partial charge is 0.321 e. The van der Waals surface area contributed by atoms with Gasteiger partial charge in [-0.15, -0.1) is 11.8 Å². The third kappa shape index (κ3) is 3.12. The van der Waals surface area contributed by atoms with Gasteiger partial charge in [-0.3, -0.25) is 4.79 Å². The van der Waals surface area contributed by atoms with Crippen LogP contribution in [0.3, 0.4) is 0 Å². The van der Waals surface area contributed by atoms with Crippen molar-refractivity contribution in [3.8, 4) is 0 Å². The van der Waals surface area contributed by atoms with Crippen molar-refractivity contribution in [2.45, 2.75) is 24.7 Å². The standard InChI is InChI=1S/C7H14O3S/c1-4-5(8)6(11-3)7(9)10-2/h5-6,8H,4H2,1-3H3/t5-,6-/m0/s1. The van der Waals surface area contributed by atoms with Crippen molar-refractivity contribution in [1.29, 1.82) is 0 Å². The molecule has 0 aromatic carbocycles. The molecule has 0 aromatic rings. The minimum atomic E-state index is -0.600. The lowest BCUT2D eigenvalue weighted by atomic mass is 10.2. The highest BCUT2D eigenvalue weighted by molar-refractivity contribution is 7.99. The summed E-state index contributed by atoms with van der Waals surface area (Å²) in [5.74, 6) is -0.355. The normalized spacial score (nSPS) is 15.6. The monoisotopic (exact) mass is 178 g/mol. The Morgan fingerprint density at radius 1 is 1.73 bits per heavy atom. The number of aliphatic hydroxyl groups is 1. The van der Waals surface area contributed by atoms with Gasteiger partial charge < -0.3 is 9.84 Å². The maximum Gasteiger partial charge on any atom is 0.321 e. The van der Waals surface area contributed by atoms with E-state index in [9.17, 15) is 9.90 Å². The van der Waals surface area contributed by atoms with Crippen LogP contribution in [-0.4, -0.2) is 35.8 Å². The summed E-state index contributed by atoms with van der Waals surface area (Å²) in [4.78, 5) is 10.9. The number of thioether (sulfide) groups is 1. The molecule has 0 heterocycles. The fraction of sp³-hybridized carbons (Fsp3) is 0.857. The number of aliphatic hydroxyl groups excluding tert-OH is 1. The van der Waals surface area contributed by atoms with Gasteiger partial charge >= 0.3 is 5.97 Å². The first-order valence-corrected chi connectivity index (χ1v) is 4.74. The van der Waals surface area contributed by atoms with Crippen molar-refractivity contribution >= 4 is 17.7 Å². The number of hydrogen-bond donors (Lipinski definition) is 1. The first kappa shape index (κ1) is 10.8. The molecule has 4 heteroatoms. The summed E-state index contributed by atoms with van der Waals surface area (Å²) in [6.07, 6.45) is 1.75. The fourth-order valence-corrected chi connectivity index (χ4v) is 1.54. The number of ether oxygens (including phenoxy) is 1. The molecule has 0 aliphatic carbocycles. The topological polar surface area (TPSA) is 46.5 Å². The Balaban J connectivity index is 4.03. The Bertz CT molecular complexity index is 127. The average Bonchev–Trinajstić information content (AvgIpc) is 2.05. The third-order valence-corrected chi connectivity index (χ3v) is 2.47. The van der Waals surface area contributed by atoms with Gasteiger partial charge in [-0.25, -0.2) is 0 Å². The van der Waals surface area contributed by atoms with Crippen LogP contribution in [0.5, 0.6) is 0 Å². The zero-order valence-corrected chi connectivity index (χ0v) is 7.85. The molecule has 0 aromatic heterocycles. The van der Waals surface area contributed by atoms with Gasteiger partial charge in [-0.1, -0.05) is 6.92 Å². The first-order valence-electron chi connectivity index (χ1n) is 3.46. The van der Waals surface area contributed by atoms with Crippen molar-refractivity contribution in [2.24, 2.45) is 0 Å². The molecule has 0 radical (unpaired) electrons. The quantitative estimate of drug-likeness (QED) is 0.642. The van der Waals surface area contributed by atoms with Crippen LogP contribution < -0.4 is 0 Å². The van der Waals surface area contributed by atoms with Gasteiger partial charge in [-0.05, 0) is 12.7 Å². The van der Waals surface area contributed by atoms with Crippen LogP contribution in [0, 0.1) is 0 Å². The van der Waals surface area contributed by atoms with Gasteiger partial charge in [-0.2, -0.15) is 0 Å². The van der Waals surface area contributed by atoms with Crippen LogP contribution in [0.25, 0.3) is 0 Å². The second-order valence-electron chi connectivity index (χ2n) is 2.16. The second-order valence-corrected chi connectivity index (χ2v) is 3.13. The van der Waals surface area contributed by atoms with Crippen molar-refractivity contribution < 1.29 is 14.6 Å². The summed E-state index contributed by atoms with van der Waals surface area (Å²) in [7, 11) is 1.33. The van der Waals surface area contributed by atoms with E-state index in [-0.39, 0.29) is 5.97 Å². The SMILES string of the molecule is CC[C@H](O)[C@H](SC)C(=O)OC. The molecular weight excluding hydrogens is 164 g/mol. The number of rotatable bonds is 4. The van der Waals surface area contributed by atoms with Crippen LogP contribution in [0.2, 0.25) is 0 Å². The van der Waals surface area contributed by atoms with E-state index >= 15 is 0 Å². The molecule has 0 bridgehead atoms. The van der Waals surface area contributed by atoms with E-state index in [1.54, 1.807) is 6.26 Å². The molecule has 0 aliphatic heterocycles. The molecule has 0 saturated heterocycles. The molecule has 0 aliphatic rings. The maximum absolute atomic E-state index is 10.9. The molecular formula is C7H14O3S. The summed E-state index contributed by atoms with van der Waals surface area (Å²) >= 11 is 1.31. The molecule has 66 valence electrons. The van der Waals surface area contributed by atoms with Crippen LogP contribution in [0.4, 0.5) is 0 Å². The Labute approximate surface area is 71.1 Å². The molecule has 0 spiro atoms. The lowest BCUT2D eigenvalue weighted by Gasteiger charge is -2.16. The average molecular weight is 178 g/mol. The number of methoxy groups -OCH3 is 1. The number of carbonyl (C=O) groups is 1. The summed E-state index contributed by atoms with van der Waals surface area (Å²) in [5, 5.41) is 8.86. The Morgan fingerprint density at radius 3 is 2.55 bits per heavy atom. The van der Waals surface area contributed by atoms with Crippen LogP contribution in [-0.2, 0) is 9.53 Å². The zero-order chi connectivity index (χ0) is 8.85. The van der Waals surface area contributed by atoms with Crippen LogP contribution in [0.1, 0.15) is 13.3 Å². The minimum absolute atomic E-state index is 0.355. The first-order chi connectivity index (χ1) is 5.17. The minimum Gasteiger partial charge on any atom is -0.468 e. The molecule has 11 heavy (non-hydrogen) atoms. The van der Waals surface area contributed by atoms with Crippen LogP contribution >= 0.6 is 11.8 Å². The van der Waals surface area contributed by atoms with Gasteiger partial charge in [0.05, 0.1) is 13.2 Å². The predicted molar refractivity (Wildman–Crippen MR) is 45.6 cm³/mol. The molecule has 0 saturated carbocycles. The maximum atomic E-state index is 10.9. The number of hydrogen-bond acceptors (Lipinski definition) is 4. The van der Waals surface area contributed by atoms with Gasteiger partial charge in [0.15, 0.2) is 0 Å². The highest BCUT2D eigenvalue weighted by Gasteiger charge is 2.24. The van der Waals surface area contributed by atoms with Gasteiger partial charge in [0.2, 0.25) is 0 Å². The van der Waals surface area contributed by atoms with E-state index in [0.29, 0.717) is 6.42 Å². The zero-order valence-electron chi connectivity index (χ0n) is 7.03. The molecule has 2 atom stereocenters. The summed E-state index contributed by atoms with van der Waals surface area (Å²) in [5.41, 5.74) is 0. The van der Waals surface area contributed by atoms with Crippen molar-refractivity contribution in [1.82, 2.24) is 0 Å². The van der Waals surface area contributed by atoms with Crippen molar-refractivity contribution in [3.05, 3.63) is 0 Å². The Kier molecular flexibility index (Phi) is 5.32. The summed E-state index contributed by atoms with van der Waals surface area (Å²) < 4.78 is 4.51. The second kappa shape index (κ2) is 5.43. The van der Waals surface area contributed by atoms with Gasteiger partial charge in [0.25, 0.3) is 0 Å². The van der Waals surface area contributed by atoms with E-state index in [1.807, 2.05) is 6.92 Å². The number of esters is 1. The highest BCUT2D eigenvalue weighted by atomic mass is 32.2. The summed E-state index contributed by atoms with van der Waals surface area (Å²) in [6.45, 7) is 1.83. The van der Waals surface area contributed by atoms with E-state index in [1.165, 1.54) is 18.9 Å². The van der Waals surface area contributed by atoms with E-state index < -0.39 is 11.4 Å². The fourth-order valence-electron chi connectivity index (χ4n) is 0.741. The molecule has 0 unspecified atom stereocenters. The Hall–Kier alpha value is -0.220. The summed E-state index contributed by atoms with van der Waals surface area (Å²) in [6, 6.07) is 0. The van der Waals surface area contributed by atoms with E-state index in [4.69, 9.17) is 0 Å². The van der Waals surface area contributed by atoms with Gasteiger partial charge in [0, 0.05) is 0 Å². The van der Waals surface area contributed by atoms with E-state index in [2.05, 4.69) is 4.74 Å². The Morgan fingerprint density at radius 2 is 2.27 bits per heavy atom. The number of carbonyl (C=O) groups excluding carboxylic acids is 1. The van der Waals surface area contributed by atoms with Crippen molar-refractivity contribution in [3.63, 3.8) is 0 Å². The lowest BCUT2D eigenvalue weighted by molar-refractivity contribution is -0.142. The molecule has 3 nitrogen and oxygen atoms in total. The molecule has 0 amide bonds. The largest absolute Gasteiger partial charge is 0.468 e. The molecule has 0 rings (SSSR count). The third-order valence-electron chi connectivity index (χ3n) is 1.46. The van der Waals surface area contributed by atoms with Crippen molar-refractivity contribution in [2.75, 3.05) is 13.4 Å². The predicted octanol–water partition coefficient (Wildman–Crippen LogP) is 0.662. The molecule has 1 N–H and O–H groups in total.